The van der Waals surface area contributed by atoms with Crippen molar-refractivity contribution in [2.24, 2.45) is 0 Å². The third-order valence-electron chi connectivity index (χ3n) is 3.51. The molecule has 6 heteroatoms. The molecule has 2 heterocycles. The van der Waals surface area contributed by atoms with Crippen LogP contribution in [0, 0.1) is 5.82 Å². The van der Waals surface area contributed by atoms with Crippen LogP contribution in [0.5, 0.6) is 5.75 Å². The Labute approximate surface area is 121 Å². The number of halogens is 2. The van der Waals surface area contributed by atoms with E-state index in [9.17, 15) is 4.39 Å². The molecule has 4 nitrogen and oxygen atoms in total. The summed E-state index contributed by atoms with van der Waals surface area (Å²) in [4.78, 5) is 6.38. The number of nitrogens with zero attached hydrogens (tertiary/aromatic N) is 3. The molecule has 106 valence electrons. The minimum atomic E-state index is -0.419. The first kappa shape index (κ1) is 13.4. The van der Waals surface area contributed by atoms with Gasteiger partial charge in [-0.3, -0.25) is 4.90 Å². The molecule has 0 aliphatic carbocycles. The quantitative estimate of drug-likeness (QED) is 0.872. The molecule has 1 aliphatic heterocycles. The molecule has 1 aromatic carbocycles. The Balaban J connectivity index is 1.76. The van der Waals surface area contributed by atoms with Crippen molar-refractivity contribution in [3.8, 4) is 5.75 Å². The van der Waals surface area contributed by atoms with Gasteiger partial charge < -0.3 is 9.30 Å². The maximum Gasteiger partial charge on any atom is 0.173 e. The number of rotatable bonds is 3. The predicted octanol–water partition coefficient (Wildman–Crippen LogP) is 2.70. The lowest BCUT2D eigenvalue weighted by Gasteiger charge is -2.28. The van der Waals surface area contributed by atoms with Gasteiger partial charge >= 0.3 is 0 Å². The van der Waals surface area contributed by atoms with E-state index >= 15 is 0 Å². The highest BCUT2D eigenvalue weighted by Gasteiger charge is 2.17. The minimum Gasteiger partial charge on any atom is -0.492 e. The minimum absolute atomic E-state index is 0.104. The average Bonchev–Trinajstić information content (AvgIpc) is 2.85. The summed E-state index contributed by atoms with van der Waals surface area (Å²) in [5, 5.41) is 0.310. The fraction of sp³-hybridized carbons (Fsp3) is 0.357. The zero-order chi connectivity index (χ0) is 14.1. The summed E-state index contributed by atoms with van der Waals surface area (Å²) < 4.78 is 20.9. The average molecular weight is 296 g/mol. The SMILES string of the molecule is COc1c(F)cc(CN2CCn3cncc3C2)cc1Cl. The molecule has 0 unspecified atom stereocenters. The molecule has 0 fully saturated rings. The molecule has 2 aromatic rings. The molecule has 0 N–H and O–H groups in total. The number of ether oxygens (including phenoxy) is 1. The van der Waals surface area contributed by atoms with Gasteiger partial charge in [-0.15, -0.1) is 0 Å². The number of imidazole rings is 1. The lowest BCUT2D eigenvalue weighted by atomic mass is 10.1. The van der Waals surface area contributed by atoms with E-state index in [1.54, 1.807) is 6.07 Å². The maximum absolute atomic E-state index is 13.8. The molecule has 0 radical (unpaired) electrons. The number of benzene rings is 1. The van der Waals surface area contributed by atoms with Crippen LogP contribution in [0.15, 0.2) is 24.7 Å². The monoisotopic (exact) mass is 295 g/mol. The second-order valence-electron chi connectivity index (χ2n) is 4.88. The molecular weight excluding hydrogens is 281 g/mol. The highest BCUT2D eigenvalue weighted by molar-refractivity contribution is 6.32. The predicted molar refractivity (Wildman–Crippen MR) is 74.3 cm³/mol. The van der Waals surface area contributed by atoms with Gasteiger partial charge in [0.1, 0.15) is 0 Å². The van der Waals surface area contributed by atoms with Gasteiger partial charge in [-0.05, 0) is 17.7 Å². The molecule has 3 rings (SSSR count). The highest BCUT2D eigenvalue weighted by atomic mass is 35.5. The van der Waals surface area contributed by atoms with Gasteiger partial charge in [0.15, 0.2) is 11.6 Å². The van der Waals surface area contributed by atoms with E-state index in [1.165, 1.54) is 18.9 Å². The van der Waals surface area contributed by atoms with Crippen LogP contribution >= 0.6 is 11.6 Å². The first-order valence-electron chi connectivity index (χ1n) is 6.40. The van der Waals surface area contributed by atoms with E-state index in [4.69, 9.17) is 16.3 Å². The summed E-state index contributed by atoms with van der Waals surface area (Å²) >= 11 is 6.02. The van der Waals surface area contributed by atoms with E-state index in [0.717, 1.165) is 25.2 Å². The maximum atomic E-state index is 13.8. The van der Waals surface area contributed by atoms with E-state index in [1.807, 2.05) is 12.5 Å². The van der Waals surface area contributed by atoms with Gasteiger partial charge in [0.05, 0.1) is 24.2 Å². The van der Waals surface area contributed by atoms with Gasteiger partial charge in [0.2, 0.25) is 0 Å². The fourth-order valence-corrected chi connectivity index (χ4v) is 2.84. The summed E-state index contributed by atoms with van der Waals surface area (Å²) in [5.74, 6) is -0.316. The van der Waals surface area contributed by atoms with Crippen LogP contribution < -0.4 is 4.74 Å². The Morgan fingerprint density at radius 3 is 3.00 bits per heavy atom. The number of hydrogen-bond donors (Lipinski definition) is 0. The van der Waals surface area contributed by atoms with Crippen molar-refractivity contribution in [2.75, 3.05) is 13.7 Å². The highest BCUT2D eigenvalue weighted by Crippen LogP contribution is 2.29. The number of aromatic nitrogens is 2. The summed E-state index contributed by atoms with van der Waals surface area (Å²) in [6.07, 6.45) is 3.71. The molecule has 20 heavy (non-hydrogen) atoms. The lowest BCUT2D eigenvalue weighted by Crippen LogP contribution is -2.32. The van der Waals surface area contributed by atoms with Crippen LogP contribution in [0.3, 0.4) is 0 Å². The van der Waals surface area contributed by atoms with Crippen LogP contribution in [0.4, 0.5) is 4.39 Å². The molecule has 0 saturated heterocycles. The summed E-state index contributed by atoms with van der Waals surface area (Å²) in [6.45, 7) is 3.29. The topological polar surface area (TPSA) is 30.3 Å². The van der Waals surface area contributed by atoms with Crippen LogP contribution in [0.25, 0.3) is 0 Å². The fourth-order valence-electron chi connectivity index (χ4n) is 2.53. The molecule has 0 atom stereocenters. The molecule has 1 aliphatic rings. The van der Waals surface area contributed by atoms with Crippen molar-refractivity contribution < 1.29 is 9.13 Å². The van der Waals surface area contributed by atoms with E-state index in [0.29, 0.717) is 11.6 Å². The van der Waals surface area contributed by atoms with E-state index in [2.05, 4.69) is 14.5 Å². The largest absolute Gasteiger partial charge is 0.492 e. The van der Waals surface area contributed by atoms with Gasteiger partial charge in [0.25, 0.3) is 0 Å². The summed E-state index contributed by atoms with van der Waals surface area (Å²) in [6, 6.07) is 3.24. The summed E-state index contributed by atoms with van der Waals surface area (Å²) in [5.41, 5.74) is 2.03. The first-order valence-corrected chi connectivity index (χ1v) is 6.78. The smallest absolute Gasteiger partial charge is 0.173 e. The van der Waals surface area contributed by atoms with Crippen LogP contribution in [-0.2, 0) is 19.6 Å². The normalized spacial score (nSPS) is 15.2. The van der Waals surface area contributed by atoms with Crippen molar-refractivity contribution in [3.05, 3.63) is 46.8 Å². The second kappa shape index (κ2) is 5.42. The van der Waals surface area contributed by atoms with Gasteiger partial charge in [-0.25, -0.2) is 9.37 Å². The molecular formula is C14H15ClFN3O. The zero-order valence-electron chi connectivity index (χ0n) is 11.1. The van der Waals surface area contributed by atoms with Gasteiger partial charge in [-0.1, -0.05) is 11.6 Å². The van der Waals surface area contributed by atoms with E-state index < -0.39 is 5.82 Å². The van der Waals surface area contributed by atoms with Crippen molar-refractivity contribution in [3.63, 3.8) is 0 Å². The second-order valence-corrected chi connectivity index (χ2v) is 5.29. The Kier molecular flexibility index (Phi) is 3.63. The Morgan fingerprint density at radius 1 is 1.40 bits per heavy atom. The van der Waals surface area contributed by atoms with Crippen LogP contribution in [0.2, 0.25) is 5.02 Å². The molecule has 0 saturated carbocycles. The van der Waals surface area contributed by atoms with E-state index in [-0.39, 0.29) is 5.75 Å². The molecule has 0 spiro atoms. The van der Waals surface area contributed by atoms with Gasteiger partial charge in [-0.2, -0.15) is 0 Å². The zero-order valence-corrected chi connectivity index (χ0v) is 11.9. The number of methoxy groups -OCH3 is 1. The van der Waals surface area contributed by atoms with Crippen molar-refractivity contribution in [2.45, 2.75) is 19.6 Å². The first-order chi connectivity index (χ1) is 9.67. The lowest BCUT2D eigenvalue weighted by molar-refractivity contribution is 0.212. The van der Waals surface area contributed by atoms with Crippen LogP contribution in [0.1, 0.15) is 11.3 Å². The molecule has 0 bridgehead atoms. The molecule has 1 aromatic heterocycles. The number of hydrogen-bond acceptors (Lipinski definition) is 3. The van der Waals surface area contributed by atoms with Crippen LogP contribution in [-0.4, -0.2) is 28.1 Å². The van der Waals surface area contributed by atoms with Crippen molar-refractivity contribution in [1.82, 2.24) is 14.5 Å². The third-order valence-corrected chi connectivity index (χ3v) is 3.79. The standard InChI is InChI=1S/C14H15ClFN3O/c1-20-14-12(15)4-10(5-13(14)16)7-18-2-3-19-9-17-6-11(19)8-18/h4-6,9H,2-3,7-8H2,1H3. The van der Waals surface area contributed by atoms with Gasteiger partial charge in [0, 0.05) is 32.4 Å². The van der Waals surface area contributed by atoms with Crippen molar-refractivity contribution in [1.29, 1.82) is 0 Å². The summed E-state index contributed by atoms with van der Waals surface area (Å²) in [7, 11) is 1.41. The molecule has 0 amide bonds. The Morgan fingerprint density at radius 2 is 2.25 bits per heavy atom. The third kappa shape index (κ3) is 2.51. The Hall–Kier alpha value is -1.59. The number of fused-ring (bicyclic) bond motifs is 1. The Bertz CT molecular complexity index is 606. The van der Waals surface area contributed by atoms with Crippen molar-refractivity contribution >= 4 is 11.6 Å².